The van der Waals surface area contributed by atoms with Crippen LogP contribution in [0.25, 0.3) is 0 Å². The molecule has 1 saturated carbocycles. The molecule has 1 spiro atoms. The summed E-state index contributed by atoms with van der Waals surface area (Å²) in [6.07, 6.45) is 7.19. The van der Waals surface area contributed by atoms with E-state index in [2.05, 4.69) is 41.5 Å². The van der Waals surface area contributed by atoms with E-state index in [1.807, 2.05) is 17.0 Å². The molecule has 2 heterocycles. The molecule has 5 rings (SSSR count). The molecule has 238 valence electrons. The van der Waals surface area contributed by atoms with Gasteiger partial charge in [0, 0.05) is 38.3 Å². The molecule has 9 heteroatoms. The predicted octanol–water partition coefficient (Wildman–Crippen LogP) is 4.80. The van der Waals surface area contributed by atoms with Crippen molar-refractivity contribution in [2.24, 2.45) is 5.92 Å². The van der Waals surface area contributed by atoms with Gasteiger partial charge in [0.15, 0.2) is 0 Å². The first-order valence-corrected chi connectivity index (χ1v) is 16.4. The fraction of sp³-hybridized carbons (Fsp3) is 0.571. The zero-order valence-corrected chi connectivity index (χ0v) is 26.4. The number of hydrogen-bond donors (Lipinski definition) is 3. The second-order valence-electron chi connectivity index (χ2n) is 12.7. The molecule has 3 atom stereocenters. The number of unbranched alkanes of at least 4 members (excludes halogenated alkanes) is 1. The van der Waals surface area contributed by atoms with Crippen LogP contribution in [0.3, 0.4) is 0 Å². The summed E-state index contributed by atoms with van der Waals surface area (Å²) in [4.78, 5) is 43.7. The number of carbonyl (C=O) groups excluding carboxylic acids is 3. The molecular weight excluding hydrogens is 556 g/mol. The molecule has 2 aromatic rings. The maximum atomic E-state index is 13.9. The minimum absolute atomic E-state index is 0.0640. The highest BCUT2D eigenvalue weighted by molar-refractivity contribution is 6.00. The number of ether oxygens (including phenoxy) is 1. The largest absolute Gasteiger partial charge is 0.457 e. The highest BCUT2D eigenvalue weighted by Gasteiger charge is 2.55. The molecule has 3 amide bonds. The Balaban J connectivity index is 1.22. The monoisotopic (exact) mass is 604 g/mol. The van der Waals surface area contributed by atoms with Crippen LogP contribution in [0.2, 0.25) is 0 Å². The third kappa shape index (κ3) is 6.64. The number of aliphatic hydroxyl groups is 1. The van der Waals surface area contributed by atoms with Crippen LogP contribution in [0.15, 0.2) is 48.5 Å². The highest BCUT2D eigenvalue weighted by Crippen LogP contribution is 2.38. The number of piperidine rings is 1. The normalized spacial score (nSPS) is 22.4. The second-order valence-corrected chi connectivity index (χ2v) is 12.7. The van der Waals surface area contributed by atoms with E-state index in [4.69, 9.17) is 4.74 Å². The summed E-state index contributed by atoms with van der Waals surface area (Å²) >= 11 is 0. The van der Waals surface area contributed by atoms with Gasteiger partial charge >= 0.3 is 0 Å². The van der Waals surface area contributed by atoms with Crippen molar-refractivity contribution in [2.75, 3.05) is 26.7 Å². The SMILES string of the molecule is CCCCN1C(=O)[C@@H]([C@H](O)C2CCCCC2)NC(=O)C12CCN(C(C)c1ccc(Oc3ccc(C(=O)NC)cc3)cc1)CC2. The summed E-state index contributed by atoms with van der Waals surface area (Å²) in [7, 11) is 1.60. The van der Waals surface area contributed by atoms with E-state index < -0.39 is 17.7 Å². The van der Waals surface area contributed by atoms with Crippen LogP contribution in [0, 0.1) is 5.92 Å². The molecule has 2 saturated heterocycles. The maximum absolute atomic E-state index is 13.9. The van der Waals surface area contributed by atoms with E-state index in [9.17, 15) is 19.5 Å². The van der Waals surface area contributed by atoms with Crippen molar-refractivity contribution in [1.82, 2.24) is 20.4 Å². The van der Waals surface area contributed by atoms with E-state index in [-0.39, 0.29) is 29.7 Å². The van der Waals surface area contributed by atoms with Crippen molar-refractivity contribution < 1.29 is 24.2 Å². The van der Waals surface area contributed by atoms with Crippen LogP contribution < -0.4 is 15.4 Å². The summed E-state index contributed by atoms with van der Waals surface area (Å²) in [5.41, 5.74) is 0.856. The lowest BCUT2D eigenvalue weighted by Gasteiger charge is -2.53. The topological polar surface area (TPSA) is 111 Å². The van der Waals surface area contributed by atoms with Crippen molar-refractivity contribution in [2.45, 2.75) is 95.4 Å². The van der Waals surface area contributed by atoms with Crippen molar-refractivity contribution in [1.29, 1.82) is 0 Å². The fourth-order valence-electron chi connectivity index (χ4n) is 7.22. The van der Waals surface area contributed by atoms with Crippen molar-refractivity contribution in [3.63, 3.8) is 0 Å². The Bertz CT molecular complexity index is 1280. The lowest BCUT2D eigenvalue weighted by Crippen LogP contribution is -2.75. The first-order chi connectivity index (χ1) is 21.3. The molecule has 0 bridgehead atoms. The minimum Gasteiger partial charge on any atom is -0.457 e. The number of nitrogens with zero attached hydrogens (tertiary/aromatic N) is 2. The van der Waals surface area contributed by atoms with Gasteiger partial charge in [0.05, 0.1) is 6.10 Å². The predicted molar refractivity (Wildman–Crippen MR) is 169 cm³/mol. The number of amides is 3. The molecule has 0 aromatic heterocycles. The van der Waals surface area contributed by atoms with Crippen LogP contribution in [0.5, 0.6) is 11.5 Å². The number of hydrogen-bond acceptors (Lipinski definition) is 6. The molecule has 44 heavy (non-hydrogen) atoms. The Morgan fingerprint density at radius 2 is 1.64 bits per heavy atom. The van der Waals surface area contributed by atoms with Gasteiger partial charge in [-0.15, -0.1) is 0 Å². The Morgan fingerprint density at radius 3 is 2.23 bits per heavy atom. The number of likely N-dealkylation sites (tertiary alicyclic amines) is 1. The van der Waals surface area contributed by atoms with E-state index in [1.165, 1.54) is 6.42 Å². The molecule has 3 N–H and O–H groups in total. The Labute approximate surface area is 261 Å². The first kappa shape index (κ1) is 32.0. The van der Waals surface area contributed by atoms with E-state index >= 15 is 0 Å². The van der Waals surface area contributed by atoms with Gasteiger partial charge in [0.25, 0.3) is 5.91 Å². The van der Waals surface area contributed by atoms with E-state index in [0.717, 1.165) is 44.1 Å². The molecule has 2 aromatic carbocycles. The van der Waals surface area contributed by atoms with Gasteiger partial charge in [0.1, 0.15) is 23.1 Å². The molecule has 3 aliphatic rings. The average Bonchev–Trinajstić information content (AvgIpc) is 3.07. The molecule has 9 nitrogen and oxygen atoms in total. The van der Waals surface area contributed by atoms with Crippen molar-refractivity contribution in [3.05, 3.63) is 59.7 Å². The second kappa shape index (κ2) is 14.1. The number of aliphatic hydroxyl groups excluding tert-OH is 1. The van der Waals surface area contributed by atoms with Crippen molar-refractivity contribution >= 4 is 17.7 Å². The molecule has 1 unspecified atom stereocenters. The standard InChI is InChI=1S/C35H48N4O5/c1-4-5-21-39-33(42)30(31(40)26-9-7-6-8-10-26)37-34(43)35(39)19-22-38(23-20-35)24(2)25-11-15-28(16-12-25)44-29-17-13-27(14-18-29)32(41)36-3/h11-18,24,26,30-31,40H,4-10,19-23H2,1-3H3,(H,36,41)(H,37,43)/t24?,30-,31-/m1/s1. The molecular formula is C35H48N4O5. The summed E-state index contributed by atoms with van der Waals surface area (Å²) in [5, 5.41) is 16.8. The third-order valence-electron chi connectivity index (χ3n) is 10.1. The number of piperazine rings is 1. The summed E-state index contributed by atoms with van der Waals surface area (Å²) in [6.45, 7) is 6.19. The lowest BCUT2D eigenvalue weighted by molar-refractivity contribution is -0.166. The fourth-order valence-corrected chi connectivity index (χ4v) is 7.22. The third-order valence-corrected chi connectivity index (χ3v) is 10.1. The number of rotatable bonds is 10. The van der Waals surface area contributed by atoms with Crippen LogP contribution >= 0.6 is 0 Å². The number of benzene rings is 2. The van der Waals surface area contributed by atoms with Gasteiger partial charge in [-0.1, -0.05) is 44.7 Å². The highest BCUT2D eigenvalue weighted by atomic mass is 16.5. The Morgan fingerprint density at radius 1 is 1.02 bits per heavy atom. The quantitative estimate of drug-likeness (QED) is 0.359. The van der Waals surface area contributed by atoms with Crippen LogP contribution in [-0.4, -0.2) is 77.0 Å². The van der Waals surface area contributed by atoms with Crippen LogP contribution in [-0.2, 0) is 9.59 Å². The maximum Gasteiger partial charge on any atom is 0.251 e. The summed E-state index contributed by atoms with van der Waals surface area (Å²) < 4.78 is 5.99. The first-order valence-electron chi connectivity index (χ1n) is 16.4. The molecule has 2 aliphatic heterocycles. The Kier molecular flexibility index (Phi) is 10.3. The van der Waals surface area contributed by atoms with Crippen molar-refractivity contribution in [3.8, 4) is 11.5 Å². The summed E-state index contributed by atoms with van der Waals surface area (Å²) in [5.74, 6) is 1.07. The van der Waals surface area contributed by atoms with Gasteiger partial charge in [-0.05, 0) is 86.9 Å². The van der Waals surface area contributed by atoms with Gasteiger partial charge in [-0.2, -0.15) is 0 Å². The zero-order chi connectivity index (χ0) is 31.3. The molecule has 1 aliphatic carbocycles. The summed E-state index contributed by atoms with van der Waals surface area (Å²) in [6, 6.07) is 14.3. The molecule has 3 fully saturated rings. The van der Waals surface area contributed by atoms with Gasteiger partial charge in [0.2, 0.25) is 11.8 Å². The van der Waals surface area contributed by atoms with E-state index in [1.54, 1.807) is 31.3 Å². The Hall–Kier alpha value is -3.43. The van der Waals surface area contributed by atoms with E-state index in [0.29, 0.717) is 49.5 Å². The average molecular weight is 605 g/mol. The van der Waals surface area contributed by atoms with Gasteiger partial charge in [-0.3, -0.25) is 19.3 Å². The molecule has 0 radical (unpaired) electrons. The van der Waals surface area contributed by atoms with Gasteiger partial charge < -0.3 is 25.4 Å². The van der Waals surface area contributed by atoms with Crippen LogP contribution in [0.4, 0.5) is 0 Å². The number of carbonyl (C=O) groups is 3. The smallest absolute Gasteiger partial charge is 0.251 e. The lowest BCUT2D eigenvalue weighted by atomic mass is 9.77. The zero-order valence-electron chi connectivity index (χ0n) is 26.4. The number of nitrogens with one attached hydrogen (secondary N) is 2. The van der Waals surface area contributed by atoms with Crippen LogP contribution in [0.1, 0.15) is 93.6 Å². The minimum atomic E-state index is -0.865. The van der Waals surface area contributed by atoms with Gasteiger partial charge in [-0.25, -0.2) is 0 Å².